The molecular weight excluding hydrogens is 318 g/mol. The Kier molecular flexibility index (Phi) is 5.23. The fraction of sp³-hybridized carbons (Fsp3) is 0.333. The Morgan fingerprint density at radius 2 is 1.84 bits per heavy atom. The van der Waals surface area contributed by atoms with Gasteiger partial charge in [0.1, 0.15) is 11.5 Å². The van der Waals surface area contributed by atoms with Crippen LogP contribution in [0.4, 0.5) is 11.5 Å². The van der Waals surface area contributed by atoms with Crippen molar-refractivity contribution < 1.29 is 9.59 Å². The van der Waals surface area contributed by atoms with Crippen LogP contribution in [0.15, 0.2) is 42.7 Å². The van der Waals surface area contributed by atoms with Crippen molar-refractivity contribution in [2.24, 2.45) is 0 Å². The van der Waals surface area contributed by atoms with E-state index in [0.717, 1.165) is 17.9 Å². The lowest BCUT2D eigenvalue weighted by atomic mass is 10.2. The number of para-hydroxylation sites is 1. The van der Waals surface area contributed by atoms with Crippen molar-refractivity contribution in [2.75, 3.05) is 42.5 Å². The van der Waals surface area contributed by atoms with E-state index < -0.39 is 0 Å². The number of rotatable bonds is 5. The van der Waals surface area contributed by atoms with Crippen LogP contribution in [-0.4, -0.2) is 59.9 Å². The van der Waals surface area contributed by atoms with E-state index in [0.29, 0.717) is 38.4 Å². The van der Waals surface area contributed by atoms with Gasteiger partial charge in [-0.25, -0.2) is 9.97 Å². The van der Waals surface area contributed by atoms with E-state index in [1.54, 1.807) is 16.0 Å². The number of nitrogens with zero attached hydrogens (tertiary/aromatic N) is 5. The van der Waals surface area contributed by atoms with Gasteiger partial charge >= 0.3 is 0 Å². The highest BCUT2D eigenvalue weighted by molar-refractivity contribution is 6.04. The van der Waals surface area contributed by atoms with Crippen LogP contribution in [0.5, 0.6) is 0 Å². The molecule has 0 N–H and O–H groups in total. The third-order valence-corrected chi connectivity index (χ3v) is 4.27. The number of hydrogen-bond donors (Lipinski definition) is 0. The minimum Gasteiger partial charge on any atom is -0.352 e. The molecule has 7 heteroatoms. The summed E-state index contributed by atoms with van der Waals surface area (Å²) >= 11 is 0. The molecular formula is C18H21N5O2. The summed E-state index contributed by atoms with van der Waals surface area (Å²) in [4.78, 5) is 37.7. The molecule has 25 heavy (non-hydrogen) atoms. The SMILES string of the molecule is CCN(C(=O)c1cnc(N2CCN(C=O)CC2)cn1)c1ccccc1. The molecule has 2 amide bonds. The summed E-state index contributed by atoms with van der Waals surface area (Å²) in [7, 11) is 0. The van der Waals surface area contributed by atoms with Crippen molar-refractivity contribution in [1.82, 2.24) is 14.9 Å². The molecule has 0 spiro atoms. The number of anilines is 2. The maximum Gasteiger partial charge on any atom is 0.278 e. The Morgan fingerprint density at radius 3 is 2.40 bits per heavy atom. The summed E-state index contributed by atoms with van der Waals surface area (Å²) in [5, 5.41) is 0. The highest BCUT2D eigenvalue weighted by atomic mass is 16.2. The van der Waals surface area contributed by atoms with E-state index in [4.69, 9.17) is 0 Å². The van der Waals surface area contributed by atoms with E-state index in [2.05, 4.69) is 14.9 Å². The molecule has 1 saturated heterocycles. The molecule has 7 nitrogen and oxygen atoms in total. The molecule has 0 radical (unpaired) electrons. The third-order valence-electron chi connectivity index (χ3n) is 4.27. The number of hydrogen-bond acceptors (Lipinski definition) is 5. The summed E-state index contributed by atoms with van der Waals surface area (Å²) < 4.78 is 0. The third kappa shape index (κ3) is 3.76. The molecule has 0 bridgehead atoms. The maximum atomic E-state index is 12.7. The molecule has 1 aromatic carbocycles. The molecule has 1 aliphatic rings. The van der Waals surface area contributed by atoms with Crippen molar-refractivity contribution >= 4 is 23.8 Å². The first kappa shape index (κ1) is 16.9. The zero-order chi connectivity index (χ0) is 17.6. The Balaban J connectivity index is 1.71. The van der Waals surface area contributed by atoms with Gasteiger partial charge in [0.25, 0.3) is 5.91 Å². The lowest BCUT2D eigenvalue weighted by molar-refractivity contribution is -0.118. The maximum absolute atomic E-state index is 12.7. The summed E-state index contributed by atoms with van der Waals surface area (Å²) in [5.74, 6) is 0.559. The topological polar surface area (TPSA) is 69.6 Å². The summed E-state index contributed by atoms with van der Waals surface area (Å²) in [6.07, 6.45) is 4.02. The van der Waals surface area contributed by atoms with Crippen LogP contribution in [0.1, 0.15) is 17.4 Å². The van der Waals surface area contributed by atoms with Gasteiger partial charge < -0.3 is 14.7 Å². The normalized spacial score (nSPS) is 14.3. The van der Waals surface area contributed by atoms with Crippen molar-refractivity contribution in [2.45, 2.75) is 6.92 Å². The molecule has 130 valence electrons. The molecule has 1 fully saturated rings. The van der Waals surface area contributed by atoms with E-state index in [1.165, 1.54) is 6.20 Å². The molecule has 1 aromatic heterocycles. The average Bonchev–Trinajstić information content (AvgIpc) is 2.69. The second kappa shape index (κ2) is 7.74. The first-order chi connectivity index (χ1) is 12.2. The van der Waals surface area contributed by atoms with Gasteiger partial charge in [-0.3, -0.25) is 9.59 Å². The number of aromatic nitrogens is 2. The molecule has 0 atom stereocenters. The van der Waals surface area contributed by atoms with Gasteiger partial charge in [0.05, 0.1) is 12.4 Å². The Bertz CT molecular complexity index is 712. The summed E-state index contributed by atoms with van der Waals surface area (Å²) in [6.45, 7) is 5.25. The Labute approximate surface area is 146 Å². The van der Waals surface area contributed by atoms with Crippen LogP contribution in [0.25, 0.3) is 0 Å². The largest absolute Gasteiger partial charge is 0.352 e. The van der Waals surface area contributed by atoms with Gasteiger partial charge in [0, 0.05) is 38.4 Å². The molecule has 1 aliphatic heterocycles. The molecule has 2 heterocycles. The van der Waals surface area contributed by atoms with Gasteiger partial charge in [-0.15, -0.1) is 0 Å². The monoisotopic (exact) mass is 339 g/mol. The number of piperazine rings is 1. The van der Waals surface area contributed by atoms with Crippen molar-refractivity contribution in [3.05, 3.63) is 48.4 Å². The quantitative estimate of drug-likeness (QED) is 0.771. The second-order valence-corrected chi connectivity index (χ2v) is 5.77. The second-order valence-electron chi connectivity index (χ2n) is 5.77. The van der Waals surface area contributed by atoms with Gasteiger partial charge in [-0.1, -0.05) is 18.2 Å². The lowest BCUT2D eigenvalue weighted by Gasteiger charge is -2.33. The van der Waals surface area contributed by atoms with E-state index in [9.17, 15) is 9.59 Å². The van der Waals surface area contributed by atoms with Crippen molar-refractivity contribution in [3.63, 3.8) is 0 Å². The van der Waals surface area contributed by atoms with E-state index >= 15 is 0 Å². The van der Waals surface area contributed by atoms with Gasteiger partial charge in [-0.2, -0.15) is 0 Å². The summed E-state index contributed by atoms with van der Waals surface area (Å²) in [6, 6.07) is 9.52. The Morgan fingerprint density at radius 1 is 1.12 bits per heavy atom. The van der Waals surface area contributed by atoms with Crippen LogP contribution < -0.4 is 9.80 Å². The van der Waals surface area contributed by atoms with Crippen LogP contribution in [-0.2, 0) is 4.79 Å². The van der Waals surface area contributed by atoms with E-state index in [-0.39, 0.29) is 5.91 Å². The highest BCUT2D eigenvalue weighted by Crippen LogP contribution is 2.17. The zero-order valence-electron chi connectivity index (χ0n) is 14.2. The number of amides is 2. The first-order valence-electron chi connectivity index (χ1n) is 8.36. The highest BCUT2D eigenvalue weighted by Gasteiger charge is 2.20. The number of benzene rings is 1. The van der Waals surface area contributed by atoms with Crippen LogP contribution in [0.3, 0.4) is 0 Å². The molecule has 2 aromatic rings. The van der Waals surface area contributed by atoms with Gasteiger partial charge in [-0.05, 0) is 19.1 Å². The average molecular weight is 339 g/mol. The molecule has 0 aliphatic carbocycles. The minimum atomic E-state index is -0.168. The standard InChI is InChI=1S/C18H21N5O2/c1-2-23(15-6-4-3-5-7-15)18(25)16-12-20-17(13-19-16)22-10-8-21(14-24)9-11-22/h3-7,12-14H,2,8-11H2,1H3. The minimum absolute atomic E-state index is 0.168. The van der Waals surface area contributed by atoms with Gasteiger partial charge in [0.2, 0.25) is 6.41 Å². The predicted molar refractivity (Wildman–Crippen MR) is 95.7 cm³/mol. The Hall–Kier alpha value is -2.96. The molecule has 0 saturated carbocycles. The van der Waals surface area contributed by atoms with Crippen molar-refractivity contribution in [1.29, 1.82) is 0 Å². The van der Waals surface area contributed by atoms with E-state index in [1.807, 2.05) is 37.3 Å². The fourth-order valence-corrected chi connectivity index (χ4v) is 2.84. The lowest BCUT2D eigenvalue weighted by Crippen LogP contribution is -2.46. The number of carbonyl (C=O) groups excluding carboxylic acids is 2. The van der Waals surface area contributed by atoms with Crippen molar-refractivity contribution in [3.8, 4) is 0 Å². The molecule has 0 unspecified atom stereocenters. The summed E-state index contributed by atoms with van der Waals surface area (Å²) in [5.41, 5.74) is 1.16. The zero-order valence-corrected chi connectivity index (χ0v) is 14.2. The smallest absolute Gasteiger partial charge is 0.278 e. The van der Waals surface area contributed by atoms with Crippen LogP contribution >= 0.6 is 0 Å². The fourth-order valence-electron chi connectivity index (χ4n) is 2.84. The number of carbonyl (C=O) groups is 2. The van der Waals surface area contributed by atoms with Gasteiger partial charge in [0.15, 0.2) is 0 Å². The predicted octanol–water partition coefficient (Wildman–Crippen LogP) is 1.42. The molecule has 3 rings (SSSR count). The first-order valence-corrected chi connectivity index (χ1v) is 8.36. The van der Waals surface area contributed by atoms with Crippen LogP contribution in [0.2, 0.25) is 0 Å². The van der Waals surface area contributed by atoms with Crippen LogP contribution in [0, 0.1) is 0 Å².